The van der Waals surface area contributed by atoms with E-state index in [1.54, 1.807) is 14.2 Å². The van der Waals surface area contributed by atoms with Crippen LogP contribution in [0.2, 0.25) is 0 Å². The molecule has 0 saturated carbocycles. The summed E-state index contributed by atoms with van der Waals surface area (Å²) in [6.07, 6.45) is 0.849. The molecule has 0 fully saturated rings. The summed E-state index contributed by atoms with van der Waals surface area (Å²) in [5.74, 6) is 1.58. The molecular formula is C21H18O3. The molecule has 24 heavy (non-hydrogen) atoms. The van der Waals surface area contributed by atoms with Crippen molar-refractivity contribution >= 4 is 6.29 Å². The standard InChI is InChI=1S/C21H18O3/c1-23-19-10-11-21(24-2)20(13-19)18-5-3-4-17(12-18)16-8-6-15(14-22)7-9-16/h3-14H,1-2H3. The number of carbonyl (C=O) groups excluding carboxylic acids is 1. The third-order valence-electron chi connectivity index (χ3n) is 3.96. The smallest absolute Gasteiger partial charge is 0.150 e. The molecule has 0 N–H and O–H groups in total. The summed E-state index contributed by atoms with van der Waals surface area (Å²) in [5.41, 5.74) is 4.83. The molecule has 0 spiro atoms. The summed E-state index contributed by atoms with van der Waals surface area (Å²) in [5, 5.41) is 0. The second-order valence-corrected chi connectivity index (χ2v) is 5.39. The van der Waals surface area contributed by atoms with E-state index in [1.807, 2.05) is 60.7 Å². The molecule has 3 aromatic carbocycles. The molecule has 3 heteroatoms. The maximum atomic E-state index is 10.8. The average Bonchev–Trinajstić information content (AvgIpc) is 2.67. The number of carbonyl (C=O) groups is 1. The Morgan fingerprint density at radius 1 is 0.750 bits per heavy atom. The van der Waals surface area contributed by atoms with Crippen LogP contribution in [0.1, 0.15) is 10.4 Å². The van der Waals surface area contributed by atoms with Crippen molar-refractivity contribution in [2.75, 3.05) is 14.2 Å². The van der Waals surface area contributed by atoms with Crippen LogP contribution >= 0.6 is 0 Å². The molecular weight excluding hydrogens is 300 g/mol. The van der Waals surface area contributed by atoms with Crippen LogP contribution in [-0.4, -0.2) is 20.5 Å². The first kappa shape index (κ1) is 15.8. The van der Waals surface area contributed by atoms with E-state index in [9.17, 15) is 4.79 Å². The zero-order chi connectivity index (χ0) is 16.9. The molecule has 0 aliphatic rings. The number of benzene rings is 3. The molecule has 3 aromatic rings. The van der Waals surface area contributed by atoms with Gasteiger partial charge in [0.25, 0.3) is 0 Å². The van der Waals surface area contributed by atoms with Crippen LogP contribution in [0, 0.1) is 0 Å². The fourth-order valence-corrected chi connectivity index (χ4v) is 2.66. The maximum absolute atomic E-state index is 10.8. The molecule has 3 rings (SSSR count). The maximum Gasteiger partial charge on any atom is 0.150 e. The number of aldehydes is 1. The van der Waals surface area contributed by atoms with Gasteiger partial charge in [0.2, 0.25) is 0 Å². The summed E-state index contributed by atoms with van der Waals surface area (Å²) < 4.78 is 10.8. The Hall–Kier alpha value is -3.07. The summed E-state index contributed by atoms with van der Waals surface area (Å²) in [6.45, 7) is 0. The molecule has 0 saturated heterocycles. The molecule has 0 amide bonds. The zero-order valence-corrected chi connectivity index (χ0v) is 13.7. The predicted molar refractivity (Wildman–Crippen MR) is 95.8 cm³/mol. The Kier molecular flexibility index (Phi) is 4.62. The largest absolute Gasteiger partial charge is 0.497 e. The first-order valence-electron chi connectivity index (χ1n) is 7.63. The number of rotatable bonds is 5. The lowest BCUT2D eigenvalue weighted by molar-refractivity contribution is 0.112. The lowest BCUT2D eigenvalue weighted by Crippen LogP contribution is -1.91. The van der Waals surface area contributed by atoms with Gasteiger partial charge in [-0.05, 0) is 41.0 Å². The van der Waals surface area contributed by atoms with Gasteiger partial charge >= 0.3 is 0 Å². The third-order valence-corrected chi connectivity index (χ3v) is 3.96. The van der Waals surface area contributed by atoms with Crippen molar-refractivity contribution in [3.8, 4) is 33.8 Å². The van der Waals surface area contributed by atoms with Gasteiger partial charge in [-0.1, -0.05) is 42.5 Å². The van der Waals surface area contributed by atoms with Crippen LogP contribution in [0.15, 0.2) is 66.7 Å². The second kappa shape index (κ2) is 7.01. The summed E-state index contributed by atoms with van der Waals surface area (Å²) in [6, 6.07) is 21.5. The number of hydrogen-bond donors (Lipinski definition) is 0. The van der Waals surface area contributed by atoms with Crippen molar-refractivity contribution in [1.82, 2.24) is 0 Å². The highest BCUT2D eigenvalue weighted by Crippen LogP contribution is 2.35. The Balaban J connectivity index is 2.05. The highest BCUT2D eigenvalue weighted by molar-refractivity contribution is 5.79. The first-order chi connectivity index (χ1) is 11.7. The monoisotopic (exact) mass is 318 g/mol. The molecule has 0 atom stereocenters. The Morgan fingerprint density at radius 2 is 1.50 bits per heavy atom. The minimum atomic E-state index is 0.671. The van der Waals surface area contributed by atoms with Gasteiger partial charge < -0.3 is 9.47 Å². The Bertz CT molecular complexity index is 851. The van der Waals surface area contributed by atoms with Crippen molar-refractivity contribution in [3.05, 3.63) is 72.3 Å². The Labute approximate surface area is 141 Å². The molecule has 3 nitrogen and oxygen atoms in total. The van der Waals surface area contributed by atoms with Crippen molar-refractivity contribution in [1.29, 1.82) is 0 Å². The number of methoxy groups -OCH3 is 2. The van der Waals surface area contributed by atoms with Gasteiger partial charge in [-0.3, -0.25) is 4.79 Å². The van der Waals surface area contributed by atoms with Gasteiger partial charge in [-0.15, -0.1) is 0 Å². The van der Waals surface area contributed by atoms with Gasteiger partial charge in [-0.2, -0.15) is 0 Å². The lowest BCUT2D eigenvalue weighted by Gasteiger charge is -2.12. The van der Waals surface area contributed by atoms with E-state index in [0.29, 0.717) is 5.56 Å². The number of hydrogen-bond acceptors (Lipinski definition) is 3. The molecule has 0 aromatic heterocycles. The van der Waals surface area contributed by atoms with E-state index in [-0.39, 0.29) is 0 Å². The molecule has 0 aliphatic carbocycles. The quantitative estimate of drug-likeness (QED) is 0.631. The number of ether oxygens (including phenoxy) is 2. The van der Waals surface area contributed by atoms with Crippen LogP contribution in [0.4, 0.5) is 0 Å². The molecule has 0 bridgehead atoms. The summed E-state index contributed by atoms with van der Waals surface area (Å²) >= 11 is 0. The molecule has 0 aliphatic heterocycles. The van der Waals surface area contributed by atoms with Gasteiger partial charge in [0.15, 0.2) is 0 Å². The van der Waals surface area contributed by atoms with Crippen molar-refractivity contribution in [2.24, 2.45) is 0 Å². The molecule has 0 unspecified atom stereocenters. The first-order valence-corrected chi connectivity index (χ1v) is 7.63. The van der Waals surface area contributed by atoms with E-state index < -0.39 is 0 Å². The molecule has 120 valence electrons. The van der Waals surface area contributed by atoms with E-state index >= 15 is 0 Å². The lowest BCUT2D eigenvalue weighted by atomic mass is 9.98. The fourth-order valence-electron chi connectivity index (χ4n) is 2.66. The SMILES string of the molecule is COc1ccc(OC)c(-c2cccc(-c3ccc(C=O)cc3)c2)c1. The van der Waals surface area contributed by atoms with E-state index in [1.165, 1.54) is 0 Å². The van der Waals surface area contributed by atoms with Crippen LogP contribution < -0.4 is 9.47 Å². The summed E-state index contributed by atoms with van der Waals surface area (Å²) in [4.78, 5) is 10.8. The Morgan fingerprint density at radius 3 is 2.17 bits per heavy atom. The third kappa shape index (κ3) is 3.15. The van der Waals surface area contributed by atoms with Crippen molar-refractivity contribution in [2.45, 2.75) is 0 Å². The van der Waals surface area contributed by atoms with Gasteiger partial charge in [-0.25, -0.2) is 0 Å². The zero-order valence-electron chi connectivity index (χ0n) is 13.7. The highest BCUT2D eigenvalue weighted by Gasteiger charge is 2.09. The fraction of sp³-hybridized carbons (Fsp3) is 0.0952. The second-order valence-electron chi connectivity index (χ2n) is 5.39. The molecule has 0 radical (unpaired) electrons. The van der Waals surface area contributed by atoms with E-state index in [4.69, 9.17) is 9.47 Å². The van der Waals surface area contributed by atoms with Crippen molar-refractivity contribution < 1.29 is 14.3 Å². The van der Waals surface area contributed by atoms with Crippen LogP contribution in [0.5, 0.6) is 11.5 Å². The summed E-state index contributed by atoms with van der Waals surface area (Å²) in [7, 11) is 3.31. The predicted octanol–water partition coefficient (Wildman–Crippen LogP) is 4.85. The van der Waals surface area contributed by atoms with E-state index in [0.717, 1.165) is 40.0 Å². The van der Waals surface area contributed by atoms with Gasteiger partial charge in [0.05, 0.1) is 14.2 Å². The topological polar surface area (TPSA) is 35.5 Å². The van der Waals surface area contributed by atoms with Gasteiger partial charge in [0, 0.05) is 11.1 Å². The van der Waals surface area contributed by atoms with Crippen LogP contribution in [-0.2, 0) is 0 Å². The average molecular weight is 318 g/mol. The normalized spacial score (nSPS) is 10.2. The minimum absolute atomic E-state index is 0.671. The minimum Gasteiger partial charge on any atom is -0.497 e. The molecule has 0 heterocycles. The van der Waals surface area contributed by atoms with E-state index in [2.05, 4.69) is 6.07 Å². The highest BCUT2D eigenvalue weighted by atomic mass is 16.5. The van der Waals surface area contributed by atoms with Crippen LogP contribution in [0.25, 0.3) is 22.3 Å². The van der Waals surface area contributed by atoms with Crippen LogP contribution in [0.3, 0.4) is 0 Å². The van der Waals surface area contributed by atoms with Crippen molar-refractivity contribution in [3.63, 3.8) is 0 Å². The van der Waals surface area contributed by atoms with Gasteiger partial charge in [0.1, 0.15) is 17.8 Å².